The Kier molecular flexibility index (Phi) is 7.65. The van der Waals surface area contributed by atoms with Gasteiger partial charge in [0.15, 0.2) is 0 Å². The van der Waals surface area contributed by atoms with E-state index in [1.54, 1.807) is 60.8 Å². The maximum atomic E-state index is 11.4. The summed E-state index contributed by atoms with van der Waals surface area (Å²) in [5.74, 6) is -0.0114. The summed E-state index contributed by atoms with van der Waals surface area (Å²) in [7, 11) is 0. The summed E-state index contributed by atoms with van der Waals surface area (Å²) in [6.45, 7) is -3.94. The number of pyridine rings is 1. The van der Waals surface area contributed by atoms with Gasteiger partial charge in [-0.3, -0.25) is 4.98 Å². The van der Waals surface area contributed by atoms with E-state index >= 15 is 0 Å². The molecule has 0 fully saturated rings. The van der Waals surface area contributed by atoms with E-state index in [-0.39, 0.29) is 37.8 Å². The molecule has 6 aromatic carbocycles. The zero-order chi connectivity index (χ0) is 45.1. The van der Waals surface area contributed by atoms with Crippen molar-refractivity contribution in [2.45, 2.75) is 58.3 Å². The Morgan fingerprint density at radius 3 is 2.04 bits per heavy atom. The Hall–Kier alpha value is -5.44. The Balaban J connectivity index is 0.00000612. The molecule has 2 heterocycles. The van der Waals surface area contributed by atoms with Crippen LogP contribution in [0.5, 0.6) is 5.75 Å². The number of fused-ring (bicyclic) bond motifs is 1. The predicted molar refractivity (Wildman–Crippen MR) is 225 cm³/mol. The molecule has 0 amide bonds. The number of anilines is 2. The number of hydrogen-bond acceptors (Lipinski definition) is 3. The minimum Gasteiger partial charge on any atom is -0.665 e. The summed E-state index contributed by atoms with van der Waals surface area (Å²) in [5.41, 5.74) is 5.44. The quantitative estimate of drug-likeness (QED) is 0.169. The van der Waals surface area contributed by atoms with Crippen molar-refractivity contribution >= 4 is 17.1 Å². The van der Waals surface area contributed by atoms with E-state index in [0.717, 1.165) is 39.1 Å². The predicted octanol–water partition coefficient (Wildman–Crippen LogP) is 13.7. The minimum atomic E-state index is -3.46. The van der Waals surface area contributed by atoms with Gasteiger partial charge in [0.25, 0.3) is 0 Å². The van der Waals surface area contributed by atoms with Crippen molar-refractivity contribution in [3.05, 3.63) is 180 Å². The number of para-hydroxylation sites is 2. The van der Waals surface area contributed by atoms with Gasteiger partial charge in [-0.05, 0) is 75.1 Å². The third-order valence-corrected chi connectivity index (χ3v) is 9.93. The largest absolute Gasteiger partial charge is 2.00 e. The summed E-state index contributed by atoms with van der Waals surface area (Å²) in [4.78, 5) is 6.71. The number of rotatable bonds is 6. The van der Waals surface area contributed by atoms with Crippen molar-refractivity contribution < 1.29 is 38.5 Å². The van der Waals surface area contributed by atoms with E-state index in [2.05, 4.69) is 57.2 Å². The van der Waals surface area contributed by atoms with E-state index in [4.69, 9.17) is 22.6 Å². The maximum Gasteiger partial charge on any atom is 2.00 e. The third-order valence-electron chi connectivity index (χ3n) is 9.93. The number of hydrogen-bond donors (Lipinski definition) is 1. The van der Waals surface area contributed by atoms with Crippen LogP contribution in [-0.2, 0) is 31.9 Å². The molecule has 276 valence electrons. The molecule has 1 aliphatic rings. The average Bonchev–Trinajstić information content (AvgIpc) is 3.62. The van der Waals surface area contributed by atoms with E-state index in [1.165, 1.54) is 12.1 Å². The van der Waals surface area contributed by atoms with Crippen molar-refractivity contribution in [1.29, 1.82) is 0 Å². The first kappa shape index (κ1) is 28.0. The molecule has 0 bridgehead atoms. The number of phenolic OH excluding ortho intramolecular Hbond substituents is 1. The second kappa shape index (κ2) is 15.0. The molecule has 4 nitrogen and oxygen atoms in total. The van der Waals surface area contributed by atoms with Gasteiger partial charge in [-0.15, -0.1) is 35.0 Å². The van der Waals surface area contributed by atoms with Crippen molar-refractivity contribution in [3.8, 4) is 50.4 Å². The molecule has 0 saturated carbocycles. The van der Waals surface area contributed by atoms with Crippen LogP contribution in [-0.4, -0.2) is 10.1 Å². The van der Waals surface area contributed by atoms with Crippen LogP contribution in [0.1, 0.15) is 76.5 Å². The first-order valence-corrected chi connectivity index (χ1v) is 17.9. The summed E-state index contributed by atoms with van der Waals surface area (Å²) in [6, 6.07) is 47.9. The number of aromatic nitrogens is 1. The van der Waals surface area contributed by atoms with Crippen LogP contribution in [0.15, 0.2) is 152 Å². The van der Waals surface area contributed by atoms with Crippen LogP contribution in [0.3, 0.4) is 0 Å². The molecule has 1 aliphatic heterocycles. The summed E-state index contributed by atoms with van der Waals surface area (Å²) in [6.07, 6.45) is 0.926. The van der Waals surface area contributed by atoms with Gasteiger partial charge in [0, 0.05) is 41.2 Å². The molecule has 1 atom stereocenters. The molecule has 1 unspecified atom stereocenters. The van der Waals surface area contributed by atoms with Crippen LogP contribution in [0, 0.1) is 6.07 Å². The third kappa shape index (κ3) is 7.49. The van der Waals surface area contributed by atoms with Gasteiger partial charge in [0.2, 0.25) is 0 Å². The van der Waals surface area contributed by atoms with Crippen LogP contribution >= 0.6 is 0 Å². The maximum absolute atomic E-state index is 11.4. The second-order valence-electron chi connectivity index (χ2n) is 14.7. The second-order valence-corrected chi connectivity index (χ2v) is 14.7. The summed E-state index contributed by atoms with van der Waals surface area (Å²) in [5, 5.41) is 16.8. The molecular formula is C50H45N3OPt. The van der Waals surface area contributed by atoms with E-state index in [9.17, 15) is 5.11 Å². The molecule has 55 heavy (non-hydrogen) atoms. The zero-order valence-corrected chi connectivity index (χ0v) is 32.9. The molecular weight excluding hydrogens is 854 g/mol. The van der Waals surface area contributed by atoms with Gasteiger partial charge in [0.05, 0.1) is 0 Å². The van der Waals surface area contributed by atoms with Gasteiger partial charge in [-0.25, -0.2) is 0 Å². The Morgan fingerprint density at radius 2 is 1.33 bits per heavy atom. The molecule has 7 aromatic rings. The monoisotopic (exact) mass is 907 g/mol. The standard InChI is InChI=1S/C50H45N3O.Pt/c1-49(2,3)38-24-25-44(42(32-38)34-18-11-8-12-19-34)53-45-22-15-21-40(47(45)52-48(53)41-20-13-14-23-46(41)54)36-28-37(30-39(29-36)50(4,5)6)43-31-35(26-27-51-43)33-16-9-7-10-17-33;/h7-27,29-32,48,54H,1-6H3;/q-2;+2/i1D3,2D3,3D3;. The smallest absolute Gasteiger partial charge is 0.665 e. The van der Waals surface area contributed by atoms with E-state index in [1.807, 2.05) is 53.4 Å². The number of phenols is 1. The average molecular weight is 908 g/mol. The molecule has 0 saturated heterocycles. The SMILES string of the molecule is [2H]C([2H])([2H])C(c1ccc(N2c3cccc(-c4[c-]c(-c5cc(-c6ccccc6)ccn5)cc(C(C)(C)C)c4)c3[N-]C2c2ccccc2O)c(-c2ccccc2)c1)(C([2H])([2H])[2H])C([2H])([2H])[2H].[Pt+2]. The van der Waals surface area contributed by atoms with Gasteiger partial charge in [0.1, 0.15) is 5.75 Å². The fourth-order valence-corrected chi connectivity index (χ4v) is 7.07. The molecule has 1 N–H and O–H groups in total. The number of benzene rings is 6. The Bertz CT molecular complexity index is 2770. The zero-order valence-electron chi connectivity index (χ0n) is 39.6. The fraction of sp³-hybridized carbons (Fsp3) is 0.180. The number of nitrogens with zero attached hydrogens (tertiary/aromatic N) is 3. The summed E-state index contributed by atoms with van der Waals surface area (Å²) < 4.78 is 76.3. The van der Waals surface area contributed by atoms with Gasteiger partial charge in [-0.2, -0.15) is 0 Å². The molecule has 0 spiro atoms. The minimum absolute atomic E-state index is 0. The van der Waals surface area contributed by atoms with Gasteiger partial charge >= 0.3 is 21.1 Å². The molecule has 1 aromatic heterocycles. The Morgan fingerprint density at radius 1 is 0.636 bits per heavy atom. The van der Waals surface area contributed by atoms with Crippen LogP contribution in [0.2, 0.25) is 0 Å². The Labute approximate surface area is 352 Å². The van der Waals surface area contributed by atoms with Crippen molar-refractivity contribution in [3.63, 3.8) is 0 Å². The fourth-order valence-electron chi connectivity index (χ4n) is 7.07. The van der Waals surface area contributed by atoms with Crippen LogP contribution < -0.4 is 4.90 Å². The molecule has 0 radical (unpaired) electrons. The van der Waals surface area contributed by atoms with E-state index < -0.39 is 32.1 Å². The van der Waals surface area contributed by atoms with E-state index in [0.29, 0.717) is 33.8 Å². The van der Waals surface area contributed by atoms with Crippen LogP contribution in [0.4, 0.5) is 17.1 Å². The first-order chi connectivity index (χ1) is 29.7. The van der Waals surface area contributed by atoms with Crippen molar-refractivity contribution in [1.82, 2.24) is 4.98 Å². The van der Waals surface area contributed by atoms with Crippen LogP contribution in [0.25, 0.3) is 50.0 Å². The molecule has 0 aliphatic carbocycles. The molecule has 5 heteroatoms. The van der Waals surface area contributed by atoms with Crippen molar-refractivity contribution in [2.24, 2.45) is 0 Å². The first-order valence-electron chi connectivity index (χ1n) is 22.4. The molecule has 8 rings (SSSR count). The normalized spacial score (nSPS) is 17.0. The van der Waals surface area contributed by atoms with Crippen molar-refractivity contribution in [2.75, 3.05) is 4.90 Å². The topological polar surface area (TPSA) is 50.5 Å². The number of aromatic hydroxyl groups is 1. The van der Waals surface area contributed by atoms with Gasteiger partial charge in [-0.1, -0.05) is 156 Å². The summed E-state index contributed by atoms with van der Waals surface area (Å²) >= 11 is 0. The van der Waals surface area contributed by atoms with Gasteiger partial charge < -0.3 is 15.3 Å².